The van der Waals surface area contributed by atoms with Crippen molar-refractivity contribution >= 4 is 72.8 Å². The normalized spacial score (nSPS) is 20.0. The van der Waals surface area contributed by atoms with Gasteiger partial charge < -0.3 is 19.6 Å². The zero-order valence-electron chi connectivity index (χ0n) is 41.6. The lowest BCUT2D eigenvalue weighted by Gasteiger charge is -2.38. The lowest BCUT2D eigenvalue weighted by atomic mass is 9.82. The molecule has 3 aromatic heterocycles. The third kappa shape index (κ3) is 10.0. The number of carbonyl (C=O) groups excluding carboxylic acids is 3. The Kier molecular flexibility index (Phi) is 13.4. The van der Waals surface area contributed by atoms with Gasteiger partial charge in [0.15, 0.2) is 10.8 Å². The summed E-state index contributed by atoms with van der Waals surface area (Å²) in [7, 11) is 1.92. The highest BCUT2D eigenvalue weighted by molar-refractivity contribution is 7.22. The van der Waals surface area contributed by atoms with Crippen LogP contribution in [0.25, 0.3) is 32.2 Å². The van der Waals surface area contributed by atoms with Crippen molar-refractivity contribution in [2.24, 2.45) is 18.9 Å². The molecule has 2 saturated heterocycles. The van der Waals surface area contributed by atoms with Gasteiger partial charge in [-0.05, 0) is 141 Å². The second-order valence-electron chi connectivity index (χ2n) is 20.5. The van der Waals surface area contributed by atoms with Crippen molar-refractivity contribution in [3.63, 3.8) is 0 Å². The zero-order valence-corrected chi connectivity index (χ0v) is 42.4. The molecular weight excluding hydrogens is 939 g/mol. The summed E-state index contributed by atoms with van der Waals surface area (Å²) in [6.07, 6.45) is 7.00. The van der Waals surface area contributed by atoms with Crippen LogP contribution in [0.1, 0.15) is 101 Å². The largest absolute Gasteiger partial charge is 0.490 e. The number of nitrogens with one attached hydrogen (secondary N) is 2. The van der Waals surface area contributed by atoms with Gasteiger partial charge in [-0.1, -0.05) is 54.7 Å². The number of hydrogen-bond acceptors (Lipinski definition) is 12. The maximum absolute atomic E-state index is 13.7. The van der Waals surface area contributed by atoms with E-state index in [9.17, 15) is 24.3 Å². The van der Waals surface area contributed by atoms with E-state index in [0.29, 0.717) is 66.3 Å². The molecule has 4 aliphatic rings. The van der Waals surface area contributed by atoms with E-state index in [1.165, 1.54) is 17.8 Å². The van der Waals surface area contributed by atoms with E-state index in [-0.39, 0.29) is 29.5 Å². The van der Waals surface area contributed by atoms with Gasteiger partial charge in [-0.25, -0.2) is 14.8 Å². The number of anilines is 3. The van der Waals surface area contributed by atoms with Crippen LogP contribution in [0, 0.1) is 18.8 Å². The van der Waals surface area contributed by atoms with Crippen LogP contribution < -0.4 is 25.2 Å². The number of carboxylic acids is 1. The van der Waals surface area contributed by atoms with E-state index in [1.807, 2.05) is 96.3 Å². The summed E-state index contributed by atoms with van der Waals surface area (Å²) in [5.74, 6) is 0.339. The number of para-hydroxylation sites is 1. The highest BCUT2D eigenvalue weighted by Crippen LogP contribution is 2.38. The van der Waals surface area contributed by atoms with Crippen molar-refractivity contribution in [3.8, 4) is 16.9 Å². The molecule has 0 spiro atoms. The molecule has 1 aliphatic carbocycles. The Labute approximate surface area is 428 Å². The van der Waals surface area contributed by atoms with Crippen LogP contribution in [0.2, 0.25) is 0 Å². The monoisotopic (exact) mass is 999 g/mol. The number of piperidine rings is 1. The lowest BCUT2D eigenvalue weighted by Crippen LogP contribution is -2.47. The number of fused-ring (bicyclic) bond motifs is 3. The number of carboxylic acid groups (broad SMARTS) is 1. The van der Waals surface area contributed by atoms with Crippen LogP contribution in [-0.2, 0) is 29.6 Å². The van der Waals surface area contributed by atoms with Crippen LogP contribution in [0.15, 0.2) is 91.0 Å². The van der Waals surface area contributed by atoms with Gasteiger partial charge in [0, 0.05) is 81.5 Å². The van der Waals surface area contributed by atoms with Crippen molar-refractivity contribution < 1.29 is 29.0 Å². The number of hydrogen-bond donors (Lipinski definition) is 3. The topological polar surface area (TPSA) is 175 Å². The predicted octanol–water partition coefficient (Wildman–Crippen LogP) is 9.37. The molecule has 0 radical (unpaired) electrons. The minimum absolute atomic E-state index is 0.0204. The first-order valence-corrected chi connectivity index (χ1v) is 26.5. The molecule has 3 aliphatic heterocycles. The predicted molar refractivity (Wildman–Crippen MR) is 285 cm³/mol. The van der Waals surface area contributed by atoms with Crippen LogP contribution >= 0.6 is 11.3 Å². The molecule has 3 amide bonds. The van der Waals surface area contributed by atoms with Crippen LogP contribution in [0.4, 0.5) is 16.6 Å². The smallest absolute Gasteiger partial charge is 0.355 e. The number of piperazine rings is 1. The first kappa shape index (κ1) is 48.1. The number of thiazole rings is 1. The third-order valence-electron chi connectivity index (χ3n) is 15.6. The van der Waals surface area contributed by atoms with Gasteiger partial charge in [0.2, 0.25) is 11.8 Å². The van der Waals surface area contributed by atoms with E-state index < -0.39 is 11.9 Å². The van der Waals surface area contributed by atoms with E-state index in [4.69, 9.17) is 14.8 Å². The summed E-state index contributed by atoms with van der Waals surface area (Å²) in [4.78, 5) is 67.4. The minimum Gasteiger partial charge on any atom is -0.490 e. The Balaban J connectivity index is 0.672. The standard InChI is InChI=1S/C57H61N9O6S/c1-34(32-64-26-28-65(29-27-64)38-16-19-43-47(31-38)63(3)62-52(43)44-21-23-51(67)60-55(44)69)30-36-14-17-39(18-15-36)72-48-12-7-9-40(35(48)2)41-20-22-50(59-53(41)56(70)71)66-25-24-37-8-6-10-42(45(37)33-66)54(68)61-57-58-46-11-4-5-13-49(46)73-57/h4-13,16,19-20,22,31,34,36,39,44H,14-15,17-18,21,23-30,32-33H2,1-3H3,(H,70,71)(H,58,61,68)(H,60,67,69)/t34-,36?,39?,44-/m1/s1. The second-order valence-corrected chi connectivity index (χ2v) is 21.5. The average molecular weight is 1000 g/mol. The fourth-order valence-electron chi connectivity index (χ4n) is 11.7. The number of carbonyl (C=O) groups is 4. The van der Waals surface area contributed by atoms with Gasteiger partial charge in [-0.2, -0.15) is 5.10 Å². The number of imide groups is 1. The van der Waals surface area contributed by atoms with Gasteiger partial charge in [0.1, 0.15) is 11.6 Å². The van der Waals surface area contributed by atoms with Gasteiger partial charge in [0.25, 0.3) is 5.91 Å². The molecule has 7 aromatic rings. The first-order chi connectivity index (χ1) is 35.4. The first-order valence-electron chi connectivity index (χ1n) is 25.7. The Morgan fingerprint density at radius 2 is 1.67 bits per heavy atom. The summed E-state index contributed by atoms with van der Waals surface area (Å²) in [5.41, 5.74) is 8.49. The number of aryl methyl sites for hydroxylation is 1. The molecule has 2 atom stereocenters. The van der Waals surface area contributed by atoms with Gasteiger partial charge in [0.05, 0.1) is 33.4 Å². The summed E-state index contributed by atoms with van der Waals surface area (Å²) >= 11 is 1.44. The van der Waals surface area contributed by atoms with Crippen LogP contribution in [0.5, 0.6) is 5.75 Å². The number of ether oxygens (including phenoxy) is 1. The molecular formula is C57H61N9O6S. The maximum atomic E-state index is 13.7. The Morgan fingerprint density at radius 1 is 0.863 bits per heavy atom. The number of aromatic nitrogens is 4. The number of pyridine rings is 1. The van der Waals surface area contributed by atoms with E-state index >= 15 is 0 Å². The highest BCUT2D eigenvalue weighted by Gasteiger charge is 2.33. The van der Waals surface area contributed by atoms with E-state index in [0.717, 1.165) is 119 Å². The van der Waals surface area contributed by atoms with Crippen molar-refractivity contribution in [3.05, 3.63) is 125 Å². The number of amides is 3. The summed E-state index contributed by atoms with van der Waals surface area (Å²) in [5, 5.41) is 22.3. The Morgan fingerprint density at radius 3 is 2.47 bits per heavy atom. The molecule has 15 nitrogen and oxygen atoms in total. The van der Waals surface area contributed by atoms with E-state index in [2.05, 4.69) is 50.5 Å². The minimum atomic E-state index is -1.10. The quantitative estimate of drug-likeness (QED) is 0.0936. The molecule has 6 heterocycles. The zero-order chi connectivity index (χ0) is 50.3. The molecule has 11 rings (SSSR count). The summed E-state index contributed by atoms with van der Waals surface area (Å²) in [6.45, 7) is 10.4. The number of rotatable bonds is 13. The van der Waals surface area contributed by atoms with Crippen molar-refractivity contribution in [2.75, 3.05) is 54.4 Å². The number of nitrogens with zero attached hydrogens (tertiary/aromatic N) is 7. The number of aromatic carboxylic acids is 1. The third-order valence-corrected chi connectivity index (χ3v) is 16.5. The average Bonchev–Trinajstić information content (AvgIpc) is 3.96. The molecule has 3 fully saturated rings. The van der Waals surface area contributed by atoms with Crippen molar-refractivity contribution in [1.82, 2.24) is 30.0 Å². The van der Waals surface area contributed by atoms with Gasteiger partial charge in [-0.15, -0.1) is 0 Å². The van der Waals surface area contributed by atoms with Gasteiger partial charge >= 0.3 is 5.97 Å². The van der Waals surface area contributed by atoms with Crippen molar-refractivity contribution in [2.45, 2.75) is 83.8 Å². The summed E-state index contributed by atoms with van der Waals surface area (Å²) < 4.78 is 9.57. The fraction of sp³-hybridized carbons (Fsp3) is 0.386. The molecule has 1 saturated carbocycles. The SMILES string of the molecule is Cc1c(OC2CCC(C[C@@H](C)CN3CCN(c4ccc5c([C@H]6CCC(=O)NC6=O)nn(C)c5c4)CC3)CC2)cccc1-c1ccc(N2CCc3cccc(C(=O)Nc4nc5ccccc5s4)c3C2)nc1C(=O)O. The summed E-state index contributed by atoms with van der Waals surface area (Å²) in [6, 6.07) is 29.6. The van der Waals surface area contributed by atoms with Crippen LogP contribution in [0.3, 0.4) is 0 Å². The molecule has 16 heteroatoms. The van der Waals surface area contributed by atoms with Crippen molar-refractivity contribution in [1.29, 1.82) is 0 Å². The molecule has 0 bridgehead atoms. The Hall–Kier alpha value is -7.17. The molecule has 376 valence electrons. The molecule has 0 unspecified atom stereocenters. The molecule has 3 N–H and O–H groups in total. The second kappa shape index (κ2) is 20.4. The lowest BCUT2D eigenvalue weighted by molar-refractivity contribution is -0.134. The van der Waals surface area contributed by atoms with Gasteiger partial charge in [-0.3, -0.25) is 34.6 Å². The Bertz CT molecular complexity index is 3230. The maximum Gasteiger partial charge on any atom is 0.355 e. The van der Waals surface area contributed by atoms with Crippen LogP contribution in [-0.4, -0.2) is 98.8 Å². The molecule has 4 aromatic carbocycles. The fourth-order valence-corrected chi connectivity index (χ4v) is 12.6. The number of benzene rings is 4. The highest BCUT2D eigenvalue weighted by atomic mass is 32.1. The van der Waals surface area contributed by atoms with E-state index in [1.54, 1.807) is 0 Å². The molecule has 73 heavy (non-hydrogen) atoms.